The van der Waals surface area contributed by atoms with Crippen LogP contribution in [0.25, 0.3) is 0 Å². The van der Waals surface area contributed by atoms with Crippen LogP contribution in [0.4, 0.5) is 0 Å². The fraction of sp³-hybridized carbons (Fsp3) is 0.750. The molecule has 1 aliphatic rings. The molecule has 1 aliphatic heterocycles. The van der Waals surface area contributed by atoms with Crippen LogP contribution in [0.2, 0.25) is 0 Å². The number of hydrogen-bond acceptors (Lipinski definition) is 1. The van der Waals surface area contributed by atoms with Gasteiger partial charge in [-0.15, -0.1) is 0 Å². The van der Waals surface area contributed by atoms with Gasteiger partial charge in [0, 0.05) is 0 Å². The van der Waals surface area contributed by atoms with E-state index in [0.717, 1.165) is 5.92 Å². The number of rotatable bonds is 0. The topological polar surface area (TPSA) is 0 Å². The fourth-order valence-electron chi connectivity index (χ4n) is 0.957. The predicted octanol–water partition coefficient (Wildman–Crippen LogP) is 2.71. The lowest BCUT2D eigenvalue weighted by atomic mass is 10.2. The minimum Gasteiger partial charge on any atom is -0.161 e. The van der Waals surface area contributed by atoms with Crippen molar-refractivity contribution in [3.63, 3.8) is 0 Å². The Bertz CT molecular complexity index is 96.7. The van der Waals surface area contributed by atoms with E-state index in [1.165, 1.54) is 24.3 Å². The van der Waals surface area contributed by atoms with Crippen LogP contribution in [0.1, 0.15) is 19.8 Å². The summed E-state index contributed by atoms with van der Waals surface area (Å²) in [7, 11) is 0. The highest BCUT2D eigenvalue weighted by molar-refractivity contribution is 7.99. The van der Waals surface area contributed by atoms with Crippen LogP contribution in [0.5, 0.6) is 0 Å². The first-order valence-electron chi connectivity index (χ1n) is 3.64. The highest BCUT2D eigenvalue weighted by Gasteiger charge is 1.99. The largest absolute Gasteiger partial charge is 0.161 e. The Hall–Kier alpha value is 0.0900. The summed E-state index contributed by atoms with van der Waals surface area (Å²) >= 11 is 2.09. The molecule has 52 valence electrons. The standard InChI is InChI=1S/C8H14S/c1-8-5-3-2-4-6-9-7-8/h3,5,8H,2,4,6-7H2,1H3/b5-3+. The monoisotopic (exact) mass is 142 g/mol. The fourth-order valence-corrected chi connectivity index (χ4v) is 1.98. The first kappa shape index (κ1) is 7.20. The molecule has 1 rings (SSSR count). The van der Waals surface area contributed by atoms with E-state index in [1.807, 2.05) is 0 Å². The molecule has 0 amide bonds. The molecule has 0 spiro atoms. The van der Waals surface area contributed by atoms with Crippen molar-refractivity contribution in [1.29, 1.82) is 0 Å². The molecule has 1 heterocycles. The summed E-state index contributed by atoms with van der Waals surface area (Å²) < 4.78 is 0. The van der Waals surface area contributed by atoms with Crippen LogP contribution in [0, 0.1) is 5.92 Å². The van der Waals surface area contributed by atoms with Gasteiger partial charge in [0.15, 0.2) is 0 Å². The average Bonchev–Trinajstić information content (AvgIpc) is 1.79. The molecule has 1 atom stereocenters. The van der Waals surface area contributed by atoms with Crippen LogP contribution in [0.15, 0.2) is 12.2 Å². The predicted molar refractivity (Wildman–Crippen MR) is 44.9 cm³/mol. The summed E-state index contributed by atoms with van der Waals surface area (Å²) in [5.74, 6) is 3.47. The molecule has 9 heavy (non-hydrogen) atoms. The molecular formula is C8H14S. The van der Waals surface area contributed by atoms with E-state index in [2.05, 4.69) is 30.8 Å². The minimum atomic E-state index is 0.801. The zero-order chi connectivity index (χ0) is 6.53. The van der Waals surface area contributed by atoms with E-state index >= 15 is 0 Å². The van der Waals surface area contributed by atoms with Crippen molar-refractivity contribution in [2.45, 2.75) is 19.8 Å². The second-order valence-electron chi connectivity index (χ2n) is 2.62. The van der Waals surface area contributed by atoms with Gasteiger partial charge in [-0.25, -0.2) is 0 Å². The Morgan fingerprint density at radius 2 is 2.44 bits per heavy atom. The van der Waals surface area contributed by atoms with Gasteiger partial charge in [-0.1, -0.05) is 19.1 Å². The van der Waals surface area contributed by atoms with Crippen molar-refractivity contribution >= 4 is 11.8 Å². The maximum atomic E-state index is 2.34. The maximum Gasteiger partial charge on any atom is -0.000711 e. The summed E-state index contributed by atoms with van der Waals surface area (Å²) in [5.41, 5.74) is 0. The van der Waals surface area contributed by atoms with Gasteiger partial charge in [-0.2, -0.15) is 11.8 Å². The Labute approximate surface area is 61.7 Å². The van der Waals surface area contributed by atoms with Crippen molar-refractivity contribution in [3.05, 3.63) is 12.2 Å². The third-order valence-electron chi connectivity index (χ3n) is 1.50. The highest BCUT2D eigenvalue weighted by Crippen LogP contribution is 2.15. The van der Waals surface area contributed by atoms with Crippen molar-refractivity contribution in [2.75, 3.05) is 11.5 Å². The summed E-state index contributed by atoms with van der Waals surface area (Å²) in [4.78, 5) is 0. The second kappa shape index (κ2) is 3.99. The molecule has 0 bridgehead atoms. The molecule has 0 radical (unpaired) electrons. The highest BCUT2D eigenvalue weighted by atomic mass is 32.2. The van der Waals surface area contributed by atoms with Crippen LogP contribution in [-0.2, 0) is 0 Å². The number of thioether (sulfide) groups is 1. The van der Waals surface area contributed by atoms with Gasteiger partial charge in [0.2, 0.25) is 0 Å². The summed E-state index contributed by atoms with van der Waals surface area (Å²) in [6.07, 6.45) is 7.32. The number of allylic oxidation sites excluding steroid dienone is 2. The van der Waals surface area contributed by atoms with Crippen molar-refractivity contribution in [1.82, 2.24) is 0 Å². The zero-order valence-corrected chi connectivity index (χ0v) is 6.79. The van der Waals surface area contributed by atoms with E-state index in [1.54, 1.807) is 0 Å². The minimum absolute atomic E-state index is 0.801. The van der Waals surface area contributed by atoms with E-state index < -0.39 is 0 Å². The molecule has 0 fully saturated rings. The molecule has 1 heteroatoms. The lowest BCUT2D eigenvalue weighted by Crippen LogP contribution is -1.96. The Balaban J connectivity index is 2.30. The maximum absolute atomic E-state index is 2.34. The van der Waals surface area contributed by atoms with Gasteiger partial charge in [-0.05, 0) is 30.3 Å². The lowest BCUT2D eigenvalue weighted by molar-refractivity contribution is 0.821. The molecule has 0 saturated heterocycles. The van der Waals surface area contributed by atoms with Crippen molar-refractivity contribution < 1.29 is 0 Å². The van der Waals surface area contributed by atoms with Gasteiger partial charge < -0.3 is 0 Å². The van der Waals surface area contributed by atoms with E-state index in [4.69, 9.17) is 0 Å². The third kappa shape index (κ3) is 2.95. The average molecular weight is 142 g/mol. The van der Waals surface area contributed by atoms with Crippen LogP contribution < -0.4 is 0 Å². The third-order valence-corrected chi connectivity index (χ3v) is 2.84. The lowest BCUT2D eigenvalue weighted by Gasteiger charge is -2.08. The summed E-state index contributed by atoms with van der Waals surface area (Å²) in [5, 5.41) is 0. The molecular weight excluding hydrogens is 128 g/mol. The van der Waals surface area contributed by atoms with E-state index in [0.29, 0.717) is 0 Å². The van der Waals surface area contributed by atoms with Gasteiger partial charge in [0.25, 0.3) is 0 Å². The second-order valence-corrected chi connectivity index (χ2v) is 3.77. The van der Waals surface area contributed by atoms with Gasteiger partial charge >= 0.3 is 0 Å². The molecule has 0 aromatic rings. The normalized spacial score (nSPS) is 32.8. The SMILES string of the molecule is CC1/C=C/CCCSC1. The molecule has 1 unspecified atom stereocenters. The van der Waals surface area contributed by atoms with Gasteiger partial charge in [0.1, 0.15) is 0 Å². The Morgan fingerprint density at radius 1 is 1.56 bits per heavy atom. The Kier molecular flexibility index (Phi) is 3.20. The summed E-state index contributed by atoms with van der Waals surface area (Å²) in [6, 6.07) is 0. The number of hydrogen-bond donors (Lipinski definition) is 0. The van der Waals surface area contributed by atoms with Crippen molar-refractivity contribution in [2.24, 2.45) is 5.92 Å². The molecule has 0 nitrogen and oxygen atoms in total. The Morgan fingerprint density at radius 3 is 3.33 bits per heavy atom. The van der Waals surface area contributed by atoms with Gasteiger partial charge in [0.05, 0.1) is 0 Å². The smallest absolute Gasteiger partial charge is 0.000711 e. The van der Waals surface area contributed by atoms with Crippen LogP contribution in [0.3, 0.4) is 0 Å². The summed E-state index contributed by atoms with van der Waals surface area (Å²) in [6.45, 7) is 2.29. The van der Waals surface area contributed by atoms with Crippen LogP contribution in [-0.4, -0.2) is 11.5 Å². The molecule has 0 saturated carbocycles. The molecule has 0 aromatic carbocycles. The first-order chi connectivity index (χ1) is 4.39. The van der Waals surface area contributed by atoms with E-state index in [-0.39, 0.29) is 0 Å². The first-order valence-corrected chi connectivity index (χ1v) is 4.79. The molecule has 0 aliphatic carbocycles. The van der Waals surface area contributed by atoms with Crippen LogP contribution >= 0.6 is 11.8 Å². The quantitative estimate of drug-likeness (QED) is 0.469. The molecule has 0 N–H and O–H groups in total. The van der Waals surface area contributed by atoms with Crippen molar-refractivity contribution in [3.8, 4) is 0 Å². The van der Waals surface area contributed by atoms with Gasteiger partial charge in [-0.3, -0.25) is 0 Å². The molecule has 0 aromatic heterocycles. The zero-order valence-electron chi connectivity index (χ0n) is 5.97. The van der Waals surface area contributed by atoms with E-state index in [9.17, 15) is 0 Å².